The van der Waals surface area contributed by atoms with Crippen molar-refractivity contribution in [2.45, 2.75) is 32.9 Å². The Labute approximate surface area is 144 Å². The van der Waals surface area contributed by atoms with Crippen LogP contribution in [0.5, 0.6) is 5.75 Å². The molecule has 0 aliphatic rings. The fourth-order valence-corrected chi connectivity index (χ4v) is 3.36. The minimum absolute atomic E-state index is 0.267. The van der Waals surface area contributed by atoms with Gasteiger partial charge in [-0.2, -0.15) is 0 Å². The van der Waals surface area contributed by atoms with Gasteiger partial charge in [0.05, 0.1) is 7.11 Å². The lowest BCUT2D eigenvalue weighted by molar-refractivity contribution is 0.411. The summed E-state index contributed by atoms with van der Waals surface area (Å²) in [7, 11) is 1.71. The molecule has 2 unspecified atom stereocenters. The summed E-state index contributed by atoms with van der Waals surface area (Å²) in [6.07, 6.45) is 0. The van der Waals surface area contributed by atoms with Crippen molar-refractivity contribution in [1.29, 1.82) is 0 Å². The van der Waals surface area contributed by atoms with Crippen molar-refractivity contribution in [1.82, 2.24) is 5.32 Å². The van der Waals surface area contributed by atoms with Crippen molar-refractivity contribution in [2.75, 3.05) is 7.11 Å². The van der Waals surface area contributed by atoms with E-state index in [1.807, 2.05) is 6.07 Å². The lowest BCUT2D eigenvalue weighted by Crippen LogP contribution is -2.22. The minimum Gasteiger partial charge on any atom is -0.496 e. The van der Waals surface area contributed by atoms with E-state index in [4.69, 9.17) is 4.74 Å². The van der Waals surface area contributed by atoms with E-state index >= 15 is 0 Å². The van der Waals surface area contributed by atoms with E-state index in [-0.39, 0.29) is 12.1 Å². The largest absolute Gasteiger partial charge is 0.496 e. The molecule has 3 aromatic rings. The van der Waals surface area contributed by atoms with Crippen molar-refractivity contribution >= 4 is 10.8 Å². The van der Waals surface area contributed by atoms with Crippen LogP contribution in [0.25, 0.3) is 10.8 Å². The van der Waals surface area contributed by atoms with E-state index in [1.54, 1.807) is 7.11 Å². The van der Waals surface area contributed by atoms with Gasteiger partial charge in [0.2, 0.25) is 0 Å². The number of hydrogen-bond acceptors (Lipinski definition) is 2. The molecule has 0 amide bonds. The fourth-order valence-electron chi connectivity index (χ4n) is 3.36. The maximum absolute atomic E-state index is 5.36. The molecule has 3 rings (SSSR count). The van der Waals surface area contributed by atoms with Gasteiger partial charge >= 0.3 is 0 Å². The average molecular weight is 319 g/mol. The monoisotopic (exact) mass is 319 g/mol. The van der Waals surface area contributed by atoms with Gasteiger partial charge in [0.15, 0.2) is 0 Å². The summed E-state index contributed by atoms with van der Waals surface area (Å²) < 4.78 is 5.36. The van der Waals surface area contributed by atoms with Crippen LogP contribution in [0.15, 0.2) is 60.7 Å². The summed E-state index contributed by atoms with van der Waals surface area (Å²) in [5, 5.41) is 6.33. The van der Waals surface area contributed by atoms with Gasteiger partial charge in [-0.05, 0) is 54.3 Å². The van der Waals surface area contributed by atoms with Crippen LogP contribution in [-0.2, 0) is 0 Å². The van der Waals surface area contributed by atoms with Gasteiger partial charge < -0.3 is 10.1 Å². The summed E-state index contributed by atoms with van der Waals surface area (Å²) >= 11 is 0. The van der Waals surface area contributed by atoms with Crippen molar-refractivity contribution < 1.29 is 4.74 Å². The van der Waals surface area contributed by atoms with E-state index in [9.17, 15) is 0 Å². The predicted molar refractivity (Wildman–Crippen MR) is 102 cm³/mol. The first-order valence-corrected chi connectivity index (χ1v) is 8.48. The normalized spacial score (nSPS) is 13.7. The Hall–Kier alpha value is -2.32. The molecule has 0 aromatic heterocycles. The summed E-state index contributed by atoms with van der Waals surface area (Å²) in [5.74, 6) is 0.938. The number of nitrogens with one attached hydrogen (secondary N) is 1. The molecule has 24 heavy (non-hydrogen) atoms. The maximum atomic E-state index is 5.36. The van der Waals surface area contributed by atoms with Gasteiger partial charge in [0.25, 0.3) is 0 Å². The minimum atomic E-state index is 0.267. The third-order valence-electron chi connectivity index (χ3n) is 4.71. The molecule has 0 saturated carbocycles. The highest BCUT2D eigenvalue weighted by Crippen LogP contribution is 2.28. The van der Waals surface area contributed by atoms with Crippen LogP contribution >= 0.6 is 0 Å². The second-order valence-electron chi connectivity index (χ2n) is 6.41. The highest BCUT2D eigenvalue weighted by molar-refractivity contribution is 5.86. The van der Waals surface area contributed by atoms with Crippen LogP contribution in [-0.4, -0.2) is 7.11 Å². The zero-order chi connectivity index (χ0) is 17.1. The Bertz CT molecular complexity index is 835. The average Bonchev–Trinajstić information content (AvgIpc) is 2.61. The molecule has 0 heterocycles. The number of fused-ring (bicyclic) bond motifs is 1. The third kappa shape index (κ3) is 3.29. The number of methoxy groups -OCH3 is 1. The van der Waals surface area contributed by atoms with Crippen molar-refractivity contribution in [2.24, 2.45) is 0 Å². The zero-order valence-corrected chi connectivity index (χ0v) is 14.8. The standard InChI is InChI=1S/C22H25NO/c1-15-14-19(12-13-22(15)24-4)16(2)23-17(3)20-11-7-9-18-8-5-6-10-21(18)20/h5-14,16-17,23H,1-4H3. The molecule has 0 saturated heterocycles. The van der Waals surface area contributed by atoms with E-state index in [1.165, 1.54) is 27.5 Å². The highest BCUT2D eigenvalue weighted by Gasteiger charge is 2.14. The van der Waals surface area contributed by atoms with Gasteiger partial charge in [-0.25, -0.2) is 0 Å². The van der Waals surface area contributed by atoms with Gasteiger partial charge in [0, 0.05) is 12.1 Å². The van der Waals surface area contributed by atoms with Crippen molar-refractivity contribution in [3.8, 4) is 5.75 Å². The second kappa shape index (κ2) is 7.06. The Morgan fingerprint density at radius 1 is 0.875 bits per heavy atom. The summed E-state index contributed by atoms with van der Waals surface area (Å²) in [6, 6.07) is 22.0. The van der Waals surface area contributed by atoms with Crippen LogP contribution in [0, 0.1) is 6.92 Å². The van der Waals surface area contributed by atoms with Crippen LogP contribution in [0.3, 0.4) is 0 Å². The van der Waals surface area contributed by atoms with Crippen LogP contribution in [0.4, 0.5) is 0 Å². The third-order valence-corrected chi connectivity index (χ3v) is 4.71. The molecule has 0 fully saturated rings. The van der Waals surface area contributed by atoms with Crippen molar-refractivity contribution in [3.05, 3.63) is 77.4 Å². The lowest BCUT2D eigenvalue weighted by atomic mass is 9.98. The van der Waals surface area contributed by atoms with E-state index in [0.29, 0.717) is 0 Å². The zero-order valence-electron chi connectivity index (χ0n) is 14.8. The van der Waals surface area contributed by atoms with Crippen LogP contribution in [0.1, 0.15) is 42.6 Å². The maximum Gasteiger partial charge on any atom is 0.121 e. The Balaban J connectivity index is 1.83. The Morgan fingerprint density at radius 2 is 1.62 bits per heavy atom. The molecule has 0 radical (unpaired) electrons. The number of hydrogen-bond donors (Lipinski definition) is 1. The van der Waals surface area contributed by atoms with Gasteiger partial charge in [-0.1, -0.05) is 54.6 Å². The van der Waals surface area contributed by atoms with Gasteiger partial charge in [0.1, 0.15) is 5.75 Å². The first-order chi connectivity index (χ1) is 11.6. The number of rotatable bonds is 5. The van der Waals surface area contributed by atoms with E-state index in [0.717, 1.165) is 5.75 Å². The van der Waals surface area contributed by atoms with Crippen LogP contribution in [0.2, 0.25) is 0 Å². The molecule has 2 atom stereocenters. The molecule has 3 aromatic carbocycles. The molecule has 0 bridgehead atoms. The van der Waals surface area contributed by atoms with Gasteiger partial charge in [-0.15, -0.1) is 0 Å². The first-order valence-electron chi connectivity index (χ1n) is 8.48. The SMILES string of the molecule is COc1ccc(C(C)NC(C)c2cccc3ccccc23)cc1C. The molecule has 2 heteroatoms. The summed E-state index contributed by atoms with van der Waals surface area (Å²) in [6.45, 7) is 6.53. The van der Waals surface area contributed by atoms with E-state index in [2.05, 4.69) is 80.7 Å². The number of ether oxygens (including phenoxy) is 1. The summed E-state index contributed by atoms with van der Waals surface area (Å²) in [5.41, 5.74) is 3.78. The quantitative estimate of drug-likeness (QED) is 0.664. The second-order valence-corrected chi connectivity index (χ2v) is 6.41. The van der Waals surface area contributed by atoms with Crippen molar-refractivity contribution in [3.63, 3.8) is 0 Å². The molecule has 0 aliphatic heterocycles. The lowest BCUT2D eigenvalue weighted by Gasteiger charge is -2.22. The molecular formula is C22H25NO. The Kier molecular flexibility index (Phi) is 4.86. The first kappa shape index (κ1) is 16.5. The molecular weight excluding hydrogens is 294 g/mol. The topological polar surface area (TPSA) is 21.3 Å². The number of benzene rings is 3. The molecule has 1 N–H and O–H groups in total. The molecule has 2 nitrogen and oxygen atoms in total. The predicted octanol–water partition coefficient (Wildman–Crippen LogP) is 5.57. The van der Waals surface area contributed by atoms with Gasteiger partial charge in [-0.3, -0.25) is 0 Å². The molecule has 0 spiro atoms. The highest BCUT2D eigenvalue weighted by atomic mass is 16.5. The molecule has 0 aliphatic carbocycles. The van der Waals surface area contributed by atoms with E-state index < -0.39 is 0 Å². The summed E-state index contributed by atoms with van der Waals surface area (Å²) in [4.78, 5) is 0. The van der Waals surface area contributed by atoms with Crippen LogP contribution < -0.4 is 10.1 Å². The number of aryl methyl sites for hydroxylation is 1. The Morgan fingerprint density at radius 3 is 2.38 bits per heavy atom. The smallest absolute Gasteiger partial charge is 0.121 e. The molecule has 124 valence electrons. The fraction of sp³-hybridized carbons (Fsp3) is 0.273.